The van der Waals surface area contributed by atoms with E-state index in [-0.39, 0.29) is 11.0 Å². The van der Waals surface area contributed by atoms with Gasteiger partial charge in [-0.15, -0.1) is 0 Å². The van der Waals surface area contributed by atoms with E-state index in [1.807, 2.05) is 0 Å². The van der Waals surface area contributed by atoms with Crippen molar-refractivity contribution in [1.82, 2.24) is 0 Å². The van der Waals surface area contributed by atoms with Gasteiger partial charge in [0.15, 0.2) is 5.05 Å². The normalized spacial score (nSPS) is 14.0. The van der Waals surface area contributed by atoms with Crippen molar-refractivity contribution in [2.75, 3.05) is 0 Å². The number of hydrogen-bond donors (Lipinski definition) is 1. The van der Waals surface area contributed by atoms with Crippen molar-refractivity contribution in [3.63, 3.8) is 0 Å². The first-order valence-corrected chi connectivity index (χ1v) is 4.58. The van der Waals surface area contributed by atoms with Gasteiger partial charge in [0.25, 0.3) is 0 Å². The highest BCUT2D eigenvalue weighted by Crippen LogP contribution is 2.20. The van der Waals surface area contributed by atoms with Crippen molar-refractivity contribution in [3.05, 3.63) is 0 Å². The van der Waals surface area contributed by atoms with E-state index in [1.54, 1.807) is 0 Å². The molecule has 0 aliphatic heterocycles. The van der Waals surface area contributed by atoms with Crippen LogP contribution in [0.2, 0.25) is 0 Å². The standard InChI is InChI=1S/C9H18OS/c1-6(2)5-8(7(3)4)9(10)11/h6-8H,5H2,1-4H3,(H,10,11). The van der Waals surface area contributed by atoms with Crippen LogP contribution in [0.4, 0.5) is 0 Å². The van der Waals surface area contributed by atoms with Crippen LogP contribution in [-0.2, 0) is 0 Å². The van der Waals surface area contributed by atoms with Gasteiger partial charge < -0.3 is 5.11 Å². The maximum absolute atomic E-state index is 9.16. The fourth-order valence-corrected chi connectivity index (χ4v) is 1.53. The summed E-state index contributed by atoms with van der Waals surface area (Å²) < 4.78 is 0. The van der Waals surface area contributed by atoms with E-state index in [0.717, 1.165) is 6.42 Å². The Labute approximate surface area is 74.8 Å². The van der Waals surface area contributed by atoms with Crippen LogP contribution >= 0.6 is 12.2 Å². The van der Waals surface area contributed by atoms with Gasteiger partial charge in [0.2, 0.25) is 0 Å². The van der Waals surface area contributed by atoms with Gasteiger partial charge in [-0.3, -0.25) is 0 Å². The van der Waals surface area contributed by atoms with Crippen molar-refractivity contribution < 1.29 is 5.11 Å². The summed E-state index contributed by atoms with van der Waals surface area (Å²) in [5.41, 5.74) is 0. The molecule has 0 amide bonds. The first-order valence-electron chi connectivity index (χ1n) is 4.18. The topological polar surface area (TPSA) is 20.2 Å². The molecule has 1 atom stereocenters. The molecule has 0 fully saturated rings. The summed E-state index contributed by atoms with van der Waals surface area (Å²) >= 11 is 4.77. The third kappa shape index (κ3) is 4.35. The molecule has 0 rings (SSSR count). The van der Waals surface area contributed by atoms with Crippen molar-refractivity contribution in [3.8, 4) is 0 Å². The zero-order chi connectivity index (χ0) is 9.02. The summed E-state index contributed by atoms with van der Waals surface area (Å²) in [6.45, 7) is 8.48. The Balaban J connectivity index is 4.01. The molecule has 0 saturated carbocycles. The van der Waals surface area contributed by atoms with Crippen LogP contribution in [0.3, 0.4) is 0 Å². The highest BCUT2D eigenvalue weighted by Gasteiger charge is 2.18. The van der Waals surface area contributed by atoms with Crippen LogP contribution in [0.25, 0.3) is 0 Å². The van der Waals surface area contributed by atoms with E-state index in [1.165, 1.54) is 0 Å². The maximum Gasteiger partial charge on any atom is 0.159 e. The van der Waals surface area contributed by atoms with Crippen LogP contribution < -0.4 is 0 Å². The molecule has 0 spiro atoms. The average molecular weight is 174 g/mol. The molecule has 0 aromatic heterocycles. The lowest BCUT2D eigenvalue weighted by Gasteiger charge is -2.19. The minimum atomic E-state index is 0.175. The zero-order valence-corrected chi connectivity index (χ0v) is 8.61. The van der Waals surface area contributed by atoms with Crippen LogP contribution in [0.1, 0.15) is 34.1 Å². The number of thiocarbonyl (C=S) groups is 1. The van der Waals surface area contributed by atoms with Crippen LogP contribution in [-0.4, -0.2) is 10.2 Å². The fourth-order valence-electron chi connectivity index (χ4n) is 1.17. The Kier molecular flexibility index (Phi) is 4.66. The largest absolute Gasteiger partial charge is 0.502 e. The average Bonchev–Trinajstić information content (AvgIpc) is 1.81. The molecular formula is C9H18OS. The molecule has 0 heterocycles. The first kappa shape index (κ1) is 10.9. The second kappa shape index (κ2) is 4.70. The molecule has 0 aromatic carbocycles. The van der Waals surface area contributed by atoms with Gasteiger partial charge in [-0.2, -0.15) is 0 Å². The minimum Gasteiger partial charge on any atom is -0.502 e. The lowest BCUT2D eigenvalue weighted by molar-refractivity contribution is 0.359. The van der Waals surface area contributed by atoms with E-state index in [0.29, 0.717) is 11.8 Å². The summed E-state index contributed by atoms with van der Waals surface area (Å²) in [6.07, 6.45) is 0.993. The molecule has 0 bridgehead atoms. The predicted molar refractivity (Wildman–Crippen MR) is 53.0 cm³/mol. The summed E-state index contributed by atoms with van der Waals surface area (Å²) in [7, 11) is 0. The Morgan fingerprint density at radius 1 is 1.27 bits per heavy atom. The van der Waals surface area contributed by atoms with Crippen LogP contribution in [0.15, 0.2) is 0 Å². The SMILES string of the molecule is CC(C)CC(C(O)=S)C(C)C. The van der Waals surface area contributed by atoms with E-state index in [4.69, 9.17) is 17.3 Å². The van der Waals surface area contributed by atoms with Crippen LogP contribution in [0.5, 0.6) is 0 Å². The Morgan fingerprint density at radius 2 is 1.73 bits per heavy atom. The minimum absolute atomic E-state index is 0.175. The molecule has 66 valence electrons. The Bertz CT molecular complexity index is 130. The molecule has 0 aliphatic rings. The molecule has 1 N–H and O–H groups in total. The summed E-state index contributed by atoms with van der Waals surface area (Å²) in [4.78, 5) is 0. The third-order valence-corrected chi connectivity index (χ3v) is 2.15. The summed E-state index contributed by atoms with van der Waals surface area (Å²) in [6, 6.07) is 0. The smallest absolute Gasteiger partial charge is 0.159 e. The van der Waals surface area contributed by atoms with Crippen molar-refractivity contribution >= 4 is 17.3 Å². The lowest BCUT2D eigenvalue weighted by Crippen LogP contribution is -2.19. The molecule has 2 heteroatoms. The first-order chi connectivity index (χ1) is 4.95. The summed E-state index contributed by atoms with van der Waals surface area (Å²) in [5.74, 6) is 1.26. The number of rotatable bonds is 4. The lowest BCUT2D eigenvalue weighted by atomic mass is 9.88. The van der Waals surface area contributed by atoms with Gasteiger partial charge in [-0.05, 0) is 30.5 Å². The molecule has 11 heavy (non-hydrogen) atoms. The molecule has 0 radical (unpaired) electrons. The van der Waals surface area contributed by atoms with Gasteiger partial charge in [-0.1, -0.05) is 27.7 Å². The third-order valence-electron chi connectivity index (χ3n) is 1.85. The van der Waals surface area contributed by atoms with Gasteiger partial charge in [0.05, 0.1) is 0 Å². The van der Waals surface area contributed by atoms with Crippen molar-refractivity contribution in [2.24, 2.45) is 17.8 Å². The molecular weight excluding hydrogens is 156 g/mol. The molecule has 0 aliphatic carbocycles. The Hall–Kier alpha value is -0.110. The van der Waals surface area contributed by atoms with E-state index in [2.05, 4.69) is 27.7 Å². The van der Waals surface area contributed by atoms with Gasteiger partial charge >= 0.3 is 0 Å². The highest BCUT2D eigenvalue weighted by molar-refractivity contribution is 7.80. The number of hydrogen-bond acceptors (Lipinski definition) is 1. The van der Waals surface area contributed by atoms with E-state index in [9.17, 15) is 0 Å². The number of aliphatic hydroxyl groups is 1. The van der Waals surface area contributed by atoms with Crippen molar-refractivity contribution in [1.29, 1.82) is 0 Å². The summed E-state index contributed by atoms with van der Waals surface area (Å²) in [5, 5.41) is 9.34. The predicted octanol–water partition coefficient (Wildman–Crippen LogP) is 3.19. The van der Waals surface area contributed by atoms with E-state index >= 15 is 0 Å². The highest BCUT2D eigenvalue weighted by atomic mass is 32.1. The van der Waals surface area contributed by atoms with E-state index < -0.39 is 0 Å². The maximum atomic E-state index is 9.16. The molecule has 1 unspecified atom stereocenters. The van der Waals surface area contributed by atoms with Crippen molar-refractivity contribution in [2.45, 2.75) is 34.1 Å². The second-order valence-corrected chi connectivity index (χ2v) is 4.24. The van der Waals surface area contributed by atoms with Gasteiger partial charge in [0, 0.05) is 5.92 Å². The quantitative estimate of drug-likeness (QED) is 0.660. The fraction of sp³-hybridized carbons (Fsp3) is 0.889. The monoisotopic (exact) mass is 174 g/mol. The van der Waals surface area contributed by atoms with Gasteiger partial charge in [-0.25, -0.2) is 0 Å². The second-order valence-electron chi connectivity index (χ2n) is 3.82. The van der Waals surface area contributed by atoms with Gasteiger partial charge in [0.1, 0.15) is 0 Å². The molecule has 1 nitrogen and oxygen atoms in total. The molecule has 0 aromatic rings. The van der Waals surface area contributed by atoms with Crippen LogP contribution in [0, 0.1) is 17.8 Å². The zero-order valence-electron chi connectivity index (χ0n) is 7.79. The Morgan fingerprint density at radius 3 is 1.82 bits per heavy atom. The number of aliphatic hydroxyl groups excluding tert-OH is 1. The molecule has 0 saturated heterocycles.